The summed E-state index contributed by atoms with van der Waals surface area (Å²) in [6.07, 6.45) is -3.87. The van der Waals surface area contributed by atoms with Crippen molar-refractivity contribution >= 4 is 45.7 Å². The van der Waals surface area contributed by atoms with Gasteiger partial charge in [0, 0.05) is 27.9 Å². The van der Waals surface area contributed by atoms with E-state index in [1.54, 1.807) is 0 Å². The minimum Gasteiger partial charge on any atom is -0.455 e. The molecule has 168 valence electrons. The Morgan fingerprint density at radius 3 is 2.48 bits per heavy atom. The van der Waals surface area contributed by atoms with Gasteiger partial charge in [0.1, 0.15) is 12.7 Å². The minimum atomic E-state index is -1.22. The van der Waals surface area contributed by atoms with Gasteiger partial charge in [0.2, 0.25) is 5.95 Å². The van der Waals surface area contributed by atoms with Crippen molar-refractivity contribution in [1.82, 2.24) is 19.4 Å². The van der Waals surface area contributed by atoms with Crippen molar-refractivity contribution in [3.8, 4) is 0 Å². The number of esters is 2. The number of hydrogen-bond acceptors (Lipinski definition) is 12. The van der Waals surface area contributed by atoms with Crippen molar-refractivity contribution in [2.75, 3.05) is 26.4 Å². The molecule has 13 nitrogen and oxygen atoms in total. The molecule has 2 N–H and O–H groups in total. The molecular weight excluding hydrogens is 434 g/mol. The highest BCUT2D eigenvalue weighted by molar-refractivity contribution is 7.16. The van der Waals surface area contributed by atoms with Gasteiger partial charge in [0.25, 0.3) is 0 Å². The number of anilines is 1. The summed E-state index contributed by atoms with van der Waals surface area (Å²) in [7, 11) is 2.99. The van der Waals surface area contributed by atoms with E-state index in [0.717, 1.165) is 22.8 Å². The molecule has 0 aromatic carbocycles. The first-order valence-electron chi connectivity index (χ1n) is 9.06. The van der Waals surface area contributed by atoms with Gasteiger partial charge in [-0.2, -0.15) is 4.98 Å². The highest BCUT2D eigenvalue weighted by atomic mass is 32.1. The zero-order valence-electron chi connectivity index (χ0n) is 17.1. The summed E-state index contributed by atoms with van der Waals surface area (Å²) in [5.74, 6) is -1.44. The Balaban J connectivity index is 2.03. The van der Waals surface area contributed by atoms with E-state index in [-0.39, 0.29) is 18.2 Å². The van der Waals surface area contributed by atoms with Crippen LogP contribution >= 0.6 is 11.3 Å². The van der Waals surface area contributed by atoms with E-state index in [1.807, 2.05) is 0 Å². The molecule has 1 aliphatic rings. The van der Waals surface area contributed by atoms with E-state index in [9.17, 15) is 19.2 Å². The lowest BCUT2D eigenvalue weighted by Crippen LogP contribution is -2.41. The summed E-state index contributed by atoms with van der Waals surface area (Å²) in [6, 6.07) is 0. The van der Waals surface area contributed by atoms with Crippen LogP contribution in [0.2, 0.25) is 0 Å². The molecule has 1 amide bonds. The number of nitrogens with two attached hydrogens (primary N) is 1. The number of carbonyl (C=O) groups excluding carboxylic acids is 3. The number of rotatable bonds is 5. The molecular formula is C17H21N5O8S. The van der Waals surface area contributed by atoms with Gasteiger partial charge < -0.3 is 29.6 Å². The summed E-state index contributed by atoms with van der Waals surface area (Å²) in [5.41, 5.74) is 5.82. The zero-order chi connectivity index (χ0) is 22.9. The van der Waals surface area contributed by atoms with Crippen LogP contribution in [0.5, 0.6) is 0 Å². The van der Waals surface area contributed by atoms with E-state index in [0.29, 0.717) is 4.70 Å². The lowest BCUT2D eigenvalue weighted by atomic mass is 10.1. The summed E-state index contributed by atoms with van der Waals surface area (Å²) in [6.45, 7) is 2.01. The van der Waals surface area contributed by atoms with Crippen molar-refractivity contribution in [2.24, 2.45) is 0 Å². The van der Waals surface area contributed by atoms with E-state index < -0.39 is 47.4 Å². The summed E-state index contributed by atoms with van der Waals surface area (Å²) in [5, 5.41) is 0. The van der Waals surface area contributed by atoms with Crippen molar-refractivity contribution in [3.63, 3.8) is 0 Å². The SMILES string of the molecule is CC(=O)O[C@@H]1[C@H](OC(C)=O)[C@@H](COC(=O)N(C)C)O[C@H]1n1c(=O)sc2cnc(N)nc21. The first kappa shape index (κ1) is 22.4. The quantitative estimate of drug-likeness (QED) is 0.472. The van der Waals surface area contributed by atoms with Gasteiger partial charge in [0.15, 0.2) is 24.1 Å². The van der Waals surface area contributed by atoms with E-state index in [1.165, 1.54) is 32.1 Å². The van der Waals surface area contributed by atoms with Gasteiger partial charge in [-0.25, -0.2) is 9.78 Å². The van der Waals surface area contributed by atoms with Crippen LogP contribution in [0.4, 0.5) is 10.7 Å². The van der Waals surface area contributed by atoms with Gasteiger partial charge in [-0.3, -0.25) is 19.0 Å². The maximum atomic E-state index is 12.7. The van der Waals surface area contributed by atoms with Crippen LogP contribution in [-0.2, 0) is 28.5 Å². The molecule has 31 heavy (non-hydrogen) atoms. The van der Waals surface area contributed by atoms with Gasteiger partial charge in [0.05, 0.1) is 10.9 Å². The zero-order valence-corrected chi connectivity index (χ0v) is 18.0. The van der Waals surface area contributed by atoms with Crippen molar-refractivity contribution in [1.29, 1.82) is 0 Å². The maximum Gasteiger partial charge on any atom is 0.409 e. The number of carbonyl (C=O) groups is 3. The topological polar surface area (TPSA) is 165 Å². The molecule has 0 saturated carbocycles. The second-order valence-corrected chi connectivity index (χ2v) is 7.83. The third-order valence-corrected chi connectivity index (χ3v) is 5.14. The van der Waals surface area contributed by atoms with Crippen LogP contribution in [0.3, 0.4) is 0 Å². The number of amides is 1. The molecule has 3 rings (SSSR count). The molecule has 0 aliphatic carbocycles. The molecule has 3 heterocycles. The van der Waals surface area contributed by atoms with Crippen LogP contribution in [-0.4, -0.2) is 76.5 Å². The van der Waals surface area contributed by atoms with Gasteiger partial charge >= 0.3 is 22.9 Å². The van der Waals surface area contributed by atoms with Crippen molar-refractivity contribution in [2.45, 2.75) is 38.4 Å². The fourth-order valence-electron chi connectivity index (χ4n) is 3.06. The smallest absolute Gasteiger partial charge is 0.409 e. The van der Waals surface area contributed by atoms with Gasteiger partial charge in [-0.05, 0) is 0 Å². The molecule has 2 aromatic heterocycles. The lowest BCUT2D eigenvalue weighted by Gasteiger charge is -2.23. The fourth-order valence-corrected chi connectivity index (χ4v) is 3.87. The first-order valence-corrected chi connectivity index (χ1v) is 9.87. The normalized spacial score (nSPS) is 22.8. The Hall–Kier alpha value is -3.26. The number of aromatic nitrogens is 3. The maximum absolute atomic E-state index is 12.7. The van der Waals surface area contributed by atoms with Crippen LogP contribution in [0, 0.1) is 0 Å². The highest BCUT2D eigenvalue weighted by Gasteiger charge is 2.51. The molecule has 0 unspecified atom stereocenters. The molecule has 0 radical (unpaired) electrons. The number of thiazole rings is 1. The average Bonchev–Trinajstić information content (AvgIpc) is 3.15. The molecule has 1 saturated heterocycles. The third kappa shape index (κ3) is 4.74. The second-order valence-electron chi connectivity index (χ2n) is 6.84. The Morgan fingerprint density at radius 1 is 1.23 bits per heavy atom. The minimum absolute atomic E-state index is 0.0749. The molecule has 1 aliphatic heterocycles. The molecule has 0 bridgehead atoms. The van der Waals surface area contributed by atoms with Crippen LogP contribution in [0.25, 0.3) is 10.3 Å². The predicted molar refractivity (Wildman–Crippen MR) is 106 cm³/mol. The summed E-state index contributed by atoms with van der Waals surface area (Å²) < 4.78 is 23.3. The van der Waals surface area contributed by atoms with Gasteiger partial charge in [-0.15, -0.1) is 0 Å². The number of nitrogens with zero attached hydrogens (tertiary/aromatic N) is 4. The van der Waals surface area contributed by atoms with Crippen LogP contribution < -0.4 is 10.6 Å². The fraction of sp³-hybridized carbons (Fsp3) is 0.529. The molecule has 0 spiro atoms. The summed E-state index contributed by atoms with van der Waals surface area (Å²) in [4.78, 5) is 56.7. The number of nitrogen functional groups attached to an aromatic ring is 1. The lowest BCUT2D eigenvalue weighted by molar-refractivity contribution is -0.165. The van der Waals surface area contributed by atoms with Crippen molar-refractivity contribution < 1.29 is 33.3 Å². The third-order valence-electron chi connectivity index (χ3n) is 4.26. The van der Waals surface area contributed by atoms with Crippen LogP contribution in [0.1, 0.15) is 20.1 Å². The second kappa shape index (κ2) is 8.85. The standard InChI is InChI=1S/C17H21N5O8S/c1-7(23)28-11-9(6-27-16(25)21(3)4)30-14(12(11)29-8(2)24)22-13-10(31-17(22)26)5-19-15(18)20-13/h5,9,11-12,14H,6H2,1-4H3,(H2,18,19,20)/t9-,11-,12-,14-/m1/s1. The molecule has 4 atom stereocenters. The summed E-state index contributed by atoms with van der Waals surface area (Å²) >= 11 is 0.840. The van der Waals surface area contributed by atoms with Crippen LogP contribution in [0.15, 0.2) is 11.0 Å². The molecule has 2 aromatic rings. The average molecular weight is 455 g/mol. The highest BCUT2D eigenvalue weighted by Crippen LogP contribution is 2.35. The first-order chi connectivity index (χ1) is 14.6. The van der Waals surface area contributed by atoms with Crippen molar-refractivity contribution in [3.05, 3.63) is 15.9 Å². The van der Waals surface area contributed by atoms with E-state index in [2.05, 4.69) is 9.97 Å². The predicted octanol–water partition coefficient (Wildman–Crippen LogP) is -0.106. The van der Waals surface area contributed by atoms with E-state index in [4.69, 9.17) is 24.7 Å². The monoisotopic (exact) mass is 455 g/mol. The Bertz CT molecular complexity index is 1070. The number of ether oxygens (including phenoxy) is 4. The number of fused-ring (bicyclic) bond motifs is 1. The Labute approximate surface area is 179 Å². The Morgan fingerprint density at radius 2 is 1.87 bits per heavy atom. The number of hydrogen-bond donors (Lipinski definition) is 1. The Kier molecular flexibility index (Phi) is 6.40. The van der Waals surface area contributed by atoms with Gasteiger partial charge in [-0.1, -0.05) is 11.3 Å². The largest absolute Gasteiger partial charge is 0.455 e. The molecule has 1 fully saturated rings. The van der Waals surface area contributed by atoms with E-state index >= 15 is 0 Å². The molecule has 14 heteroatoms.